The molecule has 1 aliphatic heterocycles. The van der Waals surface area contributed by atoms with Gasteiger partial charge in [-0.25, -0.2) is 0 Å². The molecule has 0 saturated carbocycles. The number of nitrogens with two attached hydrogens (primary N) is 8. The van der Waals surface area contributed by atoms with E-state index in [9.17, 15) is 53.1 Å². The summed E-state index contributed by atoms with van der Waals surface area (Å²) in [6.07, 6.45) is -1.80. The summed E-state index contributed by atoms with van der Waals surface area (Å²) in [5, 5.41) is 30.7. The summed E-state index contributed by atoms with van der Waals surface area (Å²) < 4.78 is 0. The van der Waals surface area contributed by atoms with Crippen molar-refractivity contribution >= 4 is 105 Å². The number of thiol groups is 1. The van der Waals surface area contributed by atoms with E-state index >= 15 is 0 Å². The van der Waals surface area contributed by atoms with Crippen LogP contribution in [0.4, 0.5) is 0 Å². The minimum absolute atomic E-state index is 0.0130. The van der Waals surface area contributed by atoms with Gasteiger partial charge in [-0.05, 0) is 58.4 Å². The highest BCUT2D eigenvalue weighted by Gasteiger charge is 2.35. The van der Waals surface area contributed by atoms with Gasteiger partial charge in [0.05, 0.1) is 37.2 Å². The van der Waals surface area contributed by atoms with Crippen LogP contribution in [0, 0.1) is 5.92 Å². The smallest absolute Gasteiger partial charge is 0.243 e. The zero-order valence-corrected chi connectivity index (χ0v) is 43.3. The number of unbranched alkanes of at least 4 members (excludes halogenated alkanes) is 1. The zero-order chi connectivity index (χ0) is 55.2. The highest BCUT2D eigenvalue weighted by Crippen LogP contribution is 2.23. The number of aliphatic hydroxyl groups excluding tert-OH is 1. The molecule has 0 spiro atoms. The van der Waals surface area contributed by atoms with Crippen LogP contribution in [0.3, 0.4) is 0 Å². The fraction of sp³-hybridized carbons (Fsp3) is 0.659. The molecule has 0 aliphatic carbocycles. The molecule has 29 nitrogen and oxygen atoms in total. The predicted molar refractivity (Wildman–Crippen MR) is 279 cm³/mol. The van der Waals surface area contributed by atoms with Gasteiger partial charge in [0.2, 0.25) is 53.2 Å². The molecule has 0 radical (unpaired) electrons. The van der Waals surface area contributed by atoms with E-state index in [1.54, 1.807) is 0 Å². The van der Waals surface area contributed by atoms with Gasteiger partial charge in [0.1, 0.15) is 30.2 Å². The molecule has 0 aromatic rings. The van der Waals surface area contributed by atoms with Gasteiger partial charge in [-0.2, -0.15) is 12.6 Å². The summed E-state index contributed by atoms with van der Waals surface area (Å²) in [5.74, 6) is -11.2. The standard InChI is InChI=1S/C41H74N18O11S3/c1-20(43)13-27-39(70)58-26(7-3-4-10-42)38(69)56-24(8-5-11-50-40(46)47)30(61)14-22(21(2)60)34(65)57-25(9-6-12-51-41(48)49)36(67)52-16-32(63)55-28(33(45)64)18-72-73-19-29(59-35(66)23(44)17-71)37(68)53-15-31(62)54-27/h21-29,60,71H,1,3-19,42-44H2,2H3,(H2,45,64)(H,52,67)(H,53,68)(H,54,62)(H,55,63)(H,56,69)(H,57,65)(H,58,70)(H,59,66)(H4,46,47,50)(H4,48,49,51). The SMILES string of the molecule is C=C(N)CC1NC(=O)CNC(=O)C(NC(=O)C(N)CS)CSSCC(C(N)=O)NC(=O)CNC(=O)C(CCCN=C(N)N)NC(=O)C(C(C)O)CC(=O)C(CCCN=C(N)N)NC(=O)C(CCCCN)NC1=O. The Morgan fingerprint density at radius 1 is 0.712 bits per heavy atom. The van der Waals surface area contributed by atoms with Crippen LogP contribution >= 0.6 is 34.2 Å². The first-order valence-corrected chi connectivity index (χ1v) is 26.2. The van der Waals surface area contributed by atoms with E-state index in [2.05, 4.69) is 71.7 Å². The lowest BCUT2D eigenvalue weighted by Crippen LogP contribution is -2.57. The number of Topliss-reactive ketones (excluding diaryl/α,β-unsaturated/α-hetero) is 1. The molecule has 412 valence electrons. The summed E-state index contributed by atoms with van der Waals surface area (Å²) in [7, 11) is 1.93. The molecule has 1 saturated heterocycles. The number of aliphatic hydroxyl groups is 1. The number of carbonyl (C=O) groups excluding carboxylic acids is 10. The average molecular weight is 1090 g/mol. The van der Waals surface area contributed by atoms with Crippen LogP contribution < -0.4 is 88.4 Å². The van der Waals surface area contributed by atoms with Crippen LogP contribution in [-0.4, -0.2) is 174 Å². The third-order valence-corrected chi connectivity index (χ3v) is 13.3. The number of nitrogens with zero attached hydrogens (tertiary/aromatic N) is 2. The highest BCUT2D eigenvalue weighted by molar-refractivity contribution is 8.76. The first-order valence-electron chi connectivity index (χ1n) is 23.1. The molecular weight excluding hydrogens is 1020 g/mol. The van der Waals surface area contributed by atoms with Crippen LogP contribution in [0.2, 0.25) is 0 Å². The molecule has 9 atom stereocenters. The Hall–Kier alpha value is -6.09. The molecule has 0 bridgehead atoms. The van der Waals surface area contributed by atoms with E-state index in [0.29, 0.717) is 12.8 Å². The molecule has 9 amide bonds. The number of hydrogen-bond donors (Lipinski definition) is 18. The van der Waals surface area contributed by atoms with Gasteiger partial charge < -0.3 is 93.5 Å². The van der Waals surface area contributed by atoms with Crippen molar-refractivity contribution in [3.63, 3.8) is 0 Å². The summed E-state index contributed by atoms with van der Waals surface area (Å²) in [6.45, 7) is 3.65. The predicted octanol–water partition coefficient (Wildman–Crippen LogP) is -7.68. The van der Waals surface area contributed by atoms with Crippen LogP contribution in [0.5, 0.6) is 0 Å². The molecule has 1 fully saturated rings. The van der Waals surface area contributed by atoms with E-state index in [1.165, 1.54) is 6.92 Å². The van der Waals surface area contributed by atoms with Crippen molar-refractivity contribution in [2.75, 3.05) is 50.0 Å². The molecule has 73 heavy (non-hydrogen) atoms. The quantitative estimate of drug-likeness (QED) is 0.0188. The van der Waals surface area contributed by atoms with E-state index in [1.807, 2.05) is 0 Å². The molecule has 1 heterocycles. The Bertz CT molecular complexity index is 1980. The molecule has 25 N–H and O–H groups in total. The third-order valence-electron chi connectivity index (χ3n) is 10.5. The van der Waals surface area contributed by atoms with Crippen LogP contribution in [-0.2, 0) is 47.9 Å². The molecule has 1 rings (SSSR count). The average Bonchev–Trinajstić information content (AvgIpc) is 3.32. The van der Waals surface area contributed by atoms with Crippen molar-refractivity contribution in [3.05, 3.63) is 12.3 Å². The van der Waals surface area contributed by atoms with E-state index in [-0.39, 0.29) is 93.0 Å². The number of aliphatic imine (C=N–C) groups is 2. The van der Waals surface area contributed by atoms with Crippen molar-refractivity contribution in [2.45, 2.75) is 113 Å². The van der Waals surface area contributed by atoms with Crippen molar-refractivity contribution in [2.24, 2.45) is 61.8 Å². The van der Waals surface area contributed by atoms with Crippen molar-refractivity contribution in [1.29, 1.82) is 0 Å². The lowest BCUT2D eigenvalue weighted by Gasteiger charge is -2.27. The monoisotopic (exact) mass is 1090 g/mol. The molecule has 1 aliphatic rings. The molecule has 9 unspecified atom stereocenters. The number of carbonyl (C=O) groups is 10. The second-order valence-corrected chi connectivity index (χ2v) is 19.7. The molecule has 32 heteroatoms. The topological polar surface area (TPSA) is 520 Å². The van der Waals surface area contributed by atoms with E-state index in [0.717, 1.165) is 21.6 Å². The zero-order valence-electron chi connectivity index (χ0n) is 40.7. The number of primary amides is 1. The lowest BCUT2D eigenvalue weighted by atomic mass is 9.91. The maximum Gasteiger partial charge on any atom is 0.243 e. The maximum absolute atomic E-state index is 14.2. The number of guanidine groups is 2. The Kier molecular flexibility index (Phi) is 31.2. The number of rotatable bonds is 19. The van der Waals surface area contributed by atoms with Gasteiger partial charge in [-0.1, -0.05) is 28.2 Å². The van der Waals surface area contributed by atoms with E-state index < -0.39 is 133 Å². The first-order chi connectivity index (χ1) is 34.4. The number of nitrogens with one attached hydrogen (secondary N) is 8. The first kappa shape index (κ1) is 64.9. The van der Waals surface area contributed by atoms with Crippen molar-refractivity contribution in [3.8, 4) is 0 Å². The fourth-order valence-electron chi connectivity index (χ4n) is 6.53. The second kappa shape index (κ2) is 35.1. The fourth-order valence-corrected chi connectivity index (χ4v) is 9.04. The van der Waals surface area contributed by atoms with Crippen molar-refractivity contribution < 1.29 is 53.1 Å². The van der Waals surface area contributed by atoms with Gasteiger partial charge in [-0.15, -0.1) is 0 Å². The Labute approximate surface area is 436 Å². The minimum Gasteiger partial charge on any atom is -0.402 e. The summed E-state index contributed by atoms with van der Waals surface area (Å²) in [6, 6.07) is -9.37. The Morgan fingerprint density at radius 2 is 1.22 bits per heavy atom. The number of ketones is 1. The van der Waals surface area contributed by atoms with Gasteiger partial charge in [-0.3, -0.25) is 57.9 Å². The minimum atomic E-state index is -1.51. The Balaban J connectivity index is 3.84. The van der Waals surface area contributed by atoms with Crippen LogP contribution in [0.1, 0.15) is 64.7 Å². The summed E-state index contributed by atoms with van der Waals surface area (Å²) >= 11 is 4.02. The second-order valence-electron chi connectivity index (χ2n) is 16.7. The third kappa shape index (κ3) is 27.0. The van der Waals surface area contributed by atoms with E-state index in [4.69, 9.17) is 45.9 Å². The van der Waals surface area contributed by atoms with Gasteiger partial charge in [0, 0.05) is 48.9 Å². The summed E-state index contributed by atoms with van der Waals surface area (Å²) in [5.41, 5.74) is 44.7. The van der Waals surface area contributed by atoms with Gasteiger partial charge >= 0.3 is 0 Å². The largest absolute Gasteiger partial charge is 0.402 e. The molecule has 0 aromatic carbocycles. The highest BCUT2D eigenvalue weighted by atomic mass is 33.1. The maximum atomic E-state index is 14.2. The number of hydrogen-bond acceptors (Lipinski definition) is 19. The van der Waals surface area contributed by atoms with Crippen LogP contribution in [0.15, 0.2) is 22.3 Å². The number of amides is 9. The van der Waals surface area contributed by atoms with Crippen molar-refractivity contribution in [1.82, 2.24) is 42.5 Å². The van der Waals surface area contributed by atoms with Gasteiger partial charge in [0.25, 0.3) is 0 Å². The lowest BCUT2D eigenvalue weighted by molar-refractivity contribution is -0.137. The normalized spacial score (nSPS) is 23.8. The Morgan fingerprint density at radius 3 is 1.77 bits per heavy atom. The molecule has 0 aromatic heterocycles. The van der Waals surface area contributed by atoms with Crippen LogP contribution in [0.25, 0.3) is 0 Å². The summed E-state index contributed by atoms with van der Waals surface area (Å²) in [4.78, 5) is 142. The van der Waals surface area contributed by atoms with Gasteiger partial charge in [0.15, 0.2) is 17.7 Å². The molecular formula is C41H74N18O11S3.